The number of unbranched alkanes of at least 4 members (excludes halogenated alkanes) is 1. The second kappa shape index (κ2) is 6.55. The van der Waals surface area contributed by atoms with Crippen molar-refractivity contribution >= 4 is 5.97 Å². The largest absolute Gasteiger partial charge is 0.469 e. The van der Waals surface area contributed by atoms with E-state index in [0.717, 1.165) is 0 Å². The lowest BCUT2D eigenvalue weighted by molar-refractivity contribution is -0.140. The van der Waals surface area contributed by atoms with Gasteiger partial charge in [0.15, 0.2) is 0 Å². The van der Waals surface area contributed by atoms with Crippen molar-refractivity contribution < 1.29 is 17.4 Å². The van der Waals surface area contributed by atoms with Crippen LogP contribution in [0.4, 0.5) is 0 Å². The van der Waals surface area contributed by atoms with Crippen LogP contribution in [0.15, 0.2) is 0 Å². The van der Waals surface area contributed by atoms with E-state index in [1.807, 2.05) is 0 Å². The summed E-state index contributed by atoms with van der Waals surface area (Å²) in [5, 5.41) is 8.66. The molecule has 3 nitrogen and oxygen atoms in total. The Morgan fingerprint density at radius 3 is 2.80 bits per heavy atom. The highest BCUT2D eigenvalue weighted by Gasteiger charge is 1.97. The second-order valence-electron chi connectivity index (χ2n) is 1.94. The van der Waals surface area contributed by atoms with Crippen molar-refractivity contribution in [3.05, 3.63) is 0 Å². The zero-order valence-corrected chi connectivity index (χ0v) is 6.09. The SMILES string of the molecule is [2H]C([2H])(O)CCCCC(=O)OC. The molecule has 0 saturated carbocycles. The van der Waals surface area contributed by atoms with Crippen molar-refractivity contribution in [1.29, 1.82) is 0 Å². The normalized spacial score (nSPS) is 13.8. The minimum atomic E-state index is -2.11. The number of methoxy groups -OCH3 is 1. The van der Waals surface area contributed by atoms with Gasteiger partial charge in [-0.3, -0.25) is 4.79 Å². The highest BCUT2D eigenvalue weighted by Crippen LogP contribution is 1.99. The molecule has 0 heterocycles. The molecule has 0 unspecified atom stereocenters. The van der Waals surface area contributed by atoms with E-state index < -0.39 is 6.56 Å². The third-order valence-electron chi connectivity index (χ3n) is 1.15. The van der Waals surface area contributed by atoms with Crippen molar-refractivity contribution in [1.82, 2.24) is 0 Å². The molecule has 0 saturated heterocycles. The molecule has 0 aliphatic heterocycles. The van der Waals surface area contributed by atoms with E-state index in [1.165, 1.54) is 7.11 Å². The summed E-state index contributed by atoms with van der Waals surface area (Å²) in [7, 11) is 1.31. The Morgan fingerprint density at radius 2 is 2.30 bits per heavy atom. The van der Waals surface area contributed by atoms with Gasteiger partial charge in [0.05, 0.1) is 9.85 Å². The Balaban J connectivity index is 3.28. The van der Waals surface area contributed by atoms with Gasteiger partial charge >= 0.3 is 5.97 Å². The quantitative estimate of drug-likeness (QED) is 0.461. The van der Waals surface area contributed by atoms with Gasteiger partial charge < -0.3 is 9.84 Å². The minimum Gasteiger partial charge on any atom is -0.469 e. The molecule has 0 aromatic rings. The first kappa shape index (κ1) is 6.16. The van der Waals surface area contributed by atoms with Gasteiger partial charge in [-0.2, -0.15) is 0 Å². The first-order valence-corrected chi connectivity index (χ1v) is 3.25. The lowest BCUT2D eigenvalue weighted by Gasteiger charge is -1.96. The van der Waals surface area contributed by atoms with Crippen LogP contribution in [-0.4, -0.2) is 24.7 Å². The van der Waals surface area contributed by atoms with Crippen LogP contribution >= 0.6 is 0 Å². The van der Waals surface area contributed by atoms with Gasteiger partial charge in [-0.1, -0.05) is 6.42 Å². The Hall–Kier alpha value is -0.570. The number of esters is 1. The number of aliphatic hydroxyl groups is 1. The molecule has 0 aliphatic carbocycles. The highest BCUT2D eigenvalue weighted by atomic mass is 16.5. The molecular formula is C7H14O3. The minimum absolute atomic E-state index is 0.0595. The van der Waals surface area contributed by atoms with Gasteiger partial charge in [0.25, 0.3) is 0 Å². The van der Waals surface area contributed by atoms with Crippen molar-refractivity contribution in [2.24, 2.45) is 0 Å². The molecule has 0 bridgehead atoms. The predicted molar refractivity (Wildman–Crippen MR) is 37.6 cm³/mol. The number of hydrogen-bond donors (Lipinski definition) is 1. The first-order valence-electron chi connectivity index (χ1n) is 4.25. The fraction of sp³-hybridized carbons (Fsp3) is 0.857. The summed E-state index contributed by atoms with van der Waals surface area (Å²) in [5.74, 6) is -0.298. The molecule has 0 spiro atoms. The van der Waals surface area contributed by atoms with Crippen LogP contribution in [0.5, 0.6) is 0 Å². The molecule has 10 heavy (non-hydrogen) atoms. The fourth-order valence-electron chi connectivity index (χ4n) is 0.575. The molecule has 0 aliphatic rings. The smallest absolute Gasteiger partial charge is 0.305 e. The summed E-state index contributed by atoms with van der Waals surface area (Å²) < 4.78 is 17.9. The Kier molecular flexibility index (Phi) is 4.03. The van der Waals surface area contributed by atoms with Crippen molar-refractivity contribution in [3.8, 4) is 0 Å². The highest BCUT2D eigenvalue weighted by molar-refractivity contribution is 5.68. The summed E-state index contributed by atoms with van der Waals surface area (Å²) >= 11 is 0. The average Bonchev–Trinajstić information content (AvgIpc) is 1.96. The molecule has 0 radical (unpaired) electrons. The second-order valence-corrected chi connectivity index (χ2v) is 1.94. The molecule has 0 atom stereocenters. The van der Waals surface area contributed by atoms with Gasteiger partial charge in [-0.05, 0) is 12.8 Å². The van der Waals surface area contributed by atoms with Crippen molar-refractivity contribution in [2.45, 2.75) is 25.7 Å². The van der Waals surface area contributed by atoms with E-state index >= 15 is 0 Å². The maximum atomic E-state index is 10.6. The van der Waals surface area contributed by atoms with E-state index in [1.54, 1.807) is 0 Å². The summed E-state index contributed by atoms with van der Waals surface area (Å²) in [6, 6.07) is 0. The number of ether oxygens (including phenoxy) is 1. The average molecular weight is 148 g/mol. The van der Waals surface area contributed by atoms with Crippen molar-refractivity contribution in [3.63, 3.8) is 0 Å². The summed E-state index contributed by atoms with van der Waals surface area (Å²) in [6.07, 6.45) is 1.38. The van der Waals surface area contributed by atoms with Gasteiger partial charge in [-0.25, -0.2) is 0 Å². The van der Waals surface area contributed by atoms with Crippen LogP contribution in [0, 0.1) is 0 Å². The lowest BCUT2D eigenvalue weighted by Crippen LogP contribution is -1.99. The lowest BCUT2D eigenvalue weighted by atomic mass is 10.2. The van der Waals surface area contributed by atoms with E-state index in [0.29, 0.717) is 12.8 Å². The third kappa shape index (κ3) is 5.56. The van der Waals surface area contributed by atoms with Crippen LogP contribution in [0.25, 0.3) is 0 Å². The maximum Gasteiger partial charge on any atom is 0.305 e. The third-order valence-corrected chi connectivity index (χ3v) is 1.15. The zero-order chi connectivity index (χ0) is 9.61. The Labute approximate surface area is 63.8 Å². The Bertz CT molecular complexity index is 142. The summed E-state index contributed by atoms with van der Waals surface area (Å²) in [6.45, 7) is -2.11. The maximum absolute atomic E-state index is 10.6. The fourth-order valence-corrected chi connectivity index (χ4v) is 0.575. The van der Waals surface area contributed by atoms with Crippen LogP contribution in [0.3, 0.4) is 0 Å². The molecule has 0 rings (SSSR count). The number of carbonyl (C=O) groups excluding carboxylic acids is 1. The zero-order valence-electron chi connectivity index (χ0n) is 8.09. The summed E-state index contributed by atoms with van der Waals surface area (Å²) in [5.41, 5.74) is 0. The van der Waals surface area contributed by atoms with Crippen LogP contribution in [0.2, 0.25) is 0 Å². The van der Waals surface area contributed by atoms with Gasteiger partial charge in [-0.15, -0.1) is 0 Å². The molecule has 3 heteroatoms. The van der Waals surface area contributed by atoms with Gasteiger partial charge in [0.1, 0.15) is 0 Å². The monoisotopic (exact) mass is 148 g/mol. The molecule has 0 amide bonds. The molecular weight excluding hydrogens is 132 g/mol. The van der Waals surface area contributed by atoms with E-state index in [2.05, 4.69) is 4.74 Å². The molecule has 0 aromatic heterocycles. The number of rotatable bonds is 5. The molecule has 1 N–H and O–H groups in total. The van der Waals surface area contributed by atoms with Gasteiger partial charge in [0, 0.05) is 13.0 Å². The van der Waals surface area contributed by atoms with Crippen molar-refractivity contribution in [2.75, 3.05) is 13.7 Å². The predicted octanol–water partition coefficient (Wildman–Crippen LogP) is 0.712. The van der Waals surface area contributed by atoms with E-state index in [4.69, 9.17) is 7.85 Å². The Morgan fingerprint density at radius 1 is 1.60 bits per heavy atom. The van der Waals surface area contributed by atoms with E-state index in [9.17, 15) is 4.79 Å². The molecule has 0 fully saturated rings. The first-order chi connectivity index (χ1) is 5.45. The van der Waals surface area contributed by atoms with Crippen LogP contribution in [-0.2, 0) is 9.53 Å². The molecule has 60 valence electrons. The summed E-state index contributed by atoms with van der Waals surface area (Å²) in [4.78, 5) is 10.6. The molecule has 0 aromatic carbocycles. The van der Waals surface area contributed by atoms with Gasteiger partial charge in [0.2, 0.25) is 0 Å². The topological polar surface area (TPSA) is 46.5 Å². The van der Waals surface area contributed by atoms with E-state index in [-0.39, 0.29) is 18.8 Å². The standard InChI is InChI=1S/C7H14O3/c1-10-7(9)5-3-2-4-6-8/h8H,2-6H2,1H3/i6D2. The number of carbonyl (C=O) groups is 1. The van der Waals surface area contributed by atoms with Crippen LogP contribution in [0.1, 0.15) is 28.4 Å². The number of hydrogen-bond acceptors (Lipinski definition) is 3. The van der Waals surface area contributed by atoms with Crippen LogP contribution < -0.4 is 0 Å².